The minimum absolute atomic E-state index is 0.336. The van der Waals surface area contributed by atoms with Crippen LogP contribution in [0, 0.1) is 13.8 Å². The van der Waals surface area contributed by atoms with Crippen molar-refractivity contribution in [2.75, 3.05) is 10.6 Å². The maximum atomic E-state index is 12.5. The summed E-state index contributed by atoms with van der Waals surface area (Å²) in [5, 5.41) is 20.6. The highest BCUT2D eigenvalue weighted by molar-refractivity contribution is 6.14. The second-order valence-electron chi connectivity index (χ2n) is 9.35. The molecule has 13 nitrogen and oxygen atoms in total. The molecule has 1 aliphatic carbocycles. The van der Waals surface area contributed by atoms with E-state index in [2.05, 4.69) is 46.3 Å². The maximum absolute atomic E-state index is 12.5. The van der Waals surface area contributed by atoms with Gasteiger partial charge in [-0.3, -0.25) is 14.7 Å². The number of nitrogens with one attached hydrogen (secondary N) is 3. The van der Waals surface area contributed by atoms with Gasteiger partial charge in [-0.25, -0.2) is 14.8 Å². The van der Waals surface area contributed by atoms with Crippen molar-refractivity contribution in [1.29, 1.82) is 0 Å². The van der Waals surface area contributed by atoms with E-state index in [1.54, 1.807) is 42.5 Å². The van der Waals surface area contributed by atoms with Crippen LogP contribution in [0.2, 0.25) is 0 Å². The van der Waals surface area contributed by atoms with Crippen molar-refractivity contribution in [2.45, 2.75) is 32.7 Å². The van der Waals surface area contributed by atoms with Crippen molar-refractivity contribution in [2.24, 2.45) is 9.98 Å². The van der Waals surface area contributed by atoms with E-state index < -0.39 is 11.6 Å². The summed E-state index contributed by atoms with van der Waals surface area (Å²) in [4.78, 5) is 25.9. The first kappa shape index (κ1) is 24.0. The van der Waals surface area contributed by atoms with Gasteiger partial charge in [0, 0.05) is 29.1 Å². The molecule has 4 aromatic rings. The van der Waals surface area contributed by atoms with Gasteiger partial charge in [0.1, 0.15) is 36.3 Å². The van der Waals surface area contributed by atoms with Gasteiger partial charge in [-0.2, -0.15) is 0 Å². The maximum Gasteiger partial charge on any atom is 0.324 e. The summed E-state index contributed by atoms with van der Waals surface area (Å²) >= 11 is 0. The number of anilines is 2. The fourth-order valence-corrected chi connectivity index (χ4v) is 4.27. The fourth-order valence-electron chi connectivity index (χ4n) is 4.27. The zero-order valence-corrected chi connectivity index (χ0v) is 21.3. The van der Waals surface area contributed by atoms with Crippen molar-refractivity contribution < 1.29 is 14.1 Å². The zero-order valence-electron chi connectivity index (χ0n) is 21.3. The molecule has 196 valence electrons. The first-order valence-electron chi connectivity index (χ1n) is 12.1. The van der Waals surface area contributed by atoms with Crippen LogP contribution in [0.25, 0.3) is 5.65 Å². The lowest BCUT2D eigenvalue weighted by Crippen LogP contribution is -2.39. The van der Waals surface area contributed by atoms with E-state index in [1.807, 2.05) is 44.2 Å². The van der Waals surface area contributed by atoms with Gasteiger partial charge in [-0.05, 0) is 57.0 Å². The summed E-state index contributed by atoms with van der Waals surface area (Å²) in [7, 11) is 0. The van der Waals surface area contributed by atoms with E-state index >= 15 is 0 Å². The third-order valence-electron chi connectivity index (χ3n) is 6.33. The van der Waals surface area contributed by atoms with Crippen molar-refractivity contribution in [3.63, 3.8) is 0 Å². The Bertz CT molecular complexity index is 1710. The van der Waals surface area contributed by atoms with Crippen LogP contribution in [0.3, 0.4) is 0 Å². The fraction of sp³-hybridized carbons (Fsp3) is 0.192. The number of hydrogen-bond donors (Lipinski definition) is 3. The molecule has 2 aliphatic rings. The van der Waals surface area contributed by atoms with Crippen LogP contribution in [-0.4, -0.2) is 48.5 Å². The molecule has 39 heavy (non-hydrogen) atoms. The van der Waals surface area contributed by atoms with Gasteiger partial charge in [-0.1, -0.05) is 11.2 Å². The molecule has 13 heteroatoms. The van der Waals surface area contributed by atoms with Gasteiger partial charge in [0.05, 0.1) is 5.54 Å². The number of amidine groups is 1. The molecule has 0 radical (unpaired) electrons. The molecule has 4 heterocycles. The standard InChI is InChI=1S/C26H24N10O3/c1-15-8-17(4-5-20(15)38-23-11-22-34-30-14-36(22)13-28-23)31-24-19-10-18(6-7-26(19,3)29-12-27-24)32-25(37)33-21-9-16(2)39-35-21/h4-6,8-14H,7H2,1-3H3,(H,27,29,31)(H2,32,33,35,37). The quantitative estimate of drug-likeness (QED) is 0.351. The number of rotatable bonds is 5. The normalized spacial score (nSPS) is 18.1. The summed E-state index contributed by atoms with van der Waals surface area (Å²) in [6.45, 7) is 5.73. The number of fused-ring (bicyclic) bond motifs is 2. The van der Waals surface area contributed by atoms with E-state index in [1.165, 1.54) is 0 Å². The minimum atomic E-state index is -0.515. The number of nitrogens with zero attached hydrogens (tertiary/aromatic N) is 7. The number of benzene rings is 1. The number of carbonyl (C=O) groups is 1. The molecule has 0 bridgehead atoms. The Morgan fingerprint density at radius 1 is 1.15 bits per heavy atom. The molecule has 2 amide bonds. The lowest BCUT2D eigenvalue weighted by Gasteiger charge is -2.33. The van der Waals surface area contributed by atoms with Crippen molar-refractivity contribution in [3.05, 3.63) is 77.7 Å². The van der Waals surface area contributed by atoms with Gasteiger partial charge in [0.25, 0.3) is 0 Å². The van der Waals surface area contributed by atoms with Gasteiger partial charge >= 0.3 is 6.03 Å². The number of hydrogen-bond acceptors (Lipinski definition) is 10. The van der Waals surface area contributed by atoms with E-state index in [4.69, 9.17) is 9.26 Å². The number of ether oxygens (including phenoxy) is 1. The summed E-state index contributed by atoms with van der Waals surface area (Å²) < 4.78 is 12.7. The molecule has 1 unspecified atom stereocenters. The molecule has 6 rings (SSSR count). The van der Waals surface area contributed by atoms with Crippen molar-refractivity contribution in [1.82, 2.24) is 30.1 Å². The van der Waals surface area contributed by atoms with Crippen LogP contribution >= 0.6 is 0 Å². The Labute approximate surface area is 222 Å². The molecule has 3 aromatic heterocycles. The second kappa shape index (κ2) is 9.52. The highest BCUT2D eigenvalue weighted by Crippen LogP contribution is 2.35. The molecular formula is C26H24N10O3. The monoisotopic (exact) mass is 524 g/mol. The SMILES string of the molecule is Cc1cc(NC(=O)NC2=CCC3(C)N=CN=C(Nc4ccc(Oc5cc6nncn6cn5)c(C)c4)C3=C2)no1. The number of aryl methyl sites for hydroxylation is 2. The highest BCUT2D eigenvalue weighted by Gasteiger charge is 2.35. The van der Waals surface area contributed by atoms with Crippen LogP contribution < -0.4 is 20.7 Å². The number of carbonyl (C=O) groups excluding carboxylic acids is 1. The number of amides is 2. The number of aromatic nitrogens is 5. The zero-order chi connectivity index (χ0) is 27.0. The molecule has 3 N–H and O–H groups in total. The Morgan fingerprint density at radius 2 is 2.05 bits per heavy atom. The van der Waals surface area contributed by atoms with Crippen LogP contribution in [0.1, 0.15) is 24.7 Å². The topological polar surface area (TPSA) is 156 Å². The Kier molecular flexibility index (Phi) is 5.87. The molecule has 0 saturated heterocycles. The predicted molar refractivity (Wildman–Crippen MR) is 144 cm³/mol. The lowest BCUT2D eigenvalue weighted by atomic mass is 9.83. The molecule has 0 saturated carbocycles. The van der Waals surface area contributed by atoms with Crippen LogP contribution in [0.15, 0.2) is 80.9 Å². The summed E-state index contributed by atoms with van der Waals surface area (Å²) in [6.07, 6.45) is 9.12. The van der Waals surface area contributed by atoms with E-state index in [0.717, 1.165) is 16.8 Å². The Hall–Kier alpha value is -5.33. The molecule has 0 spiro atoms. The van der Waals surface area contributed by atoms with Crippen molar-refractivity contribution in [3.8, 4) is 11.6 Å². The van der Waals surface area contributed by atoms with Gasteiger partial charge in [-0.15, -0.1) is 10.2 Å². The van der Waals surface area contributed by atoms with Gasteiger partial charge < -0.3 is 19.9 Å². The van der Waals surface area contributed by atoms with Crippen LogP contribution in [-0.2, 0) is 0 Å². The number of allylic oxidation sites excluding steroid dienone is 1. The molecule has 0 fully saturated rings. The number of urea groups is 1. The van der Waals surface area contributed by atoms with Crippen LogP contribution in [0.5, 0.6) is 11.6 Å². The third-order valence-corrected chi connectivity index (χ3v) is 6.33. The molecular weight excluding hydrogens is 500 g/mol. The van der Waals surface area contributed by atoms with E-state index in [9.17, 15) is 4.79 Å². The Morgan fingerprint density at radius 3 is 2.87 bits per heavy atom. The molecule has 1 aromatic carbocycles. The average molecular weight is 525 g/mol. The van der Waals surface area contributed by atoms with Crippen LogP contribution in [0.4, 0.5) is 16.3 Å². The predicted octanol–water partition coefficient (Wildman–Crippen LogP) is 4.17. The van der Waals surface area contributed by atoms with E-state index in [-0.39, 0.29) is 0 Å². The first-order valence-corrected chi connectivity index (χ1v) is 12.1. The van der Waals surface area contributed by atoms with E-state index in [0.29, 0.717) is 46.8 Å². The van der Waals surface area contributed by atoms with Gasteiger partial charge in [0.15, 0.2) is 11.5 Å². The van der Waals surface area contributed by atoms with Gasteiger partial charge in [0.2, 0.25) is 5.88 Å². The molecule has 1 aliphatic heterocycles. The summed E-state index contributed by atoms with van der Waals surface area (Å²) in [5.74, 6) is 2.66. The smallest absolute Gasteiger partial charge is 0.324 e. The van der Waals surface area contributed by atoms with Crippen molar-refractivity contribution >= 4 is 35.4 Å². The first-order chi connectivity index (χ1) is 18.8. The summed E-state index contributed by atoms with van der Waals surface area (Å²) in [6, 6.07) is 8.65. The Balaban J connectivity index is 1.17. The summed E-state index contributed by atoms with van der Waals surface area (Å²) in [5.41, 5.74) is 3.33. The third kappa shape index (κ3) is 4.97. The second-order valence-corrected chi connectivity index (χ2v) is 9.35. The lowest BCUT2D eigenvalue weighted by molar-refractivity contribution is 0.254. The largest absolute Gasteiger partial charge is 0.439 e. The molecule has 1 atom stereocenters. The highest BCUT2D eigenvalue weighted by atomic mass is 16.5. The minimum Gasteiger partial charge on any atom is -0.439 e. The number of aliphatic imine (C=N–C) groups is 2. The average Bonchev–Trinajstić information content (AvgIpc) is 3.54.